The molecule has 3 aromatic rings. The third-order valence-electron chi connectivity index (χ3n) is 5.81. The molecule has 1 atom stereocenters. The lowest BCUT2D eigenvalue weighted by Crippen LogP contribution is -2.31. The molecule has 0 aliphatic carbocycles. The molecule has 1 aromatic carbocycles. The van der Waals surface area contributed by atoms with E-state index in [1.165, 1.54) is 16.2 Å². The maximum absolute atomic E-state index is 13.5. The van der Waals surface area contributed by atoms with Crippen LogP contribution in [0, 0.1) is 6.92 Å². The lowest BCUT2D eigenvalue weighted by molar-refractivity contribution is -0.123. The SMILES string of the molecule is CCOCCCNc1nc2c(C)cccn2c(=O)c1/C=C1\SC(=S)N([C@H](C)c2ccccc2)C1=O. The van der Waals surface area contributed by atoms with E-state index in [9.17, 15) is 9.59 Å². The molecule has 0 saturated carbocycles. The molecule has 35 heavy (non-hydrogen) atoms. The van der Waals surface area contributed by atoms with Crippen LogP contribution in [0.1, 0.15) is 43.0 Å². The Labute approximate surface area is 214 Å². The van der Waals surface area contributed by atoms with Gasteiger partial charge >= 0.3 is 0 Å². The van der Waals surface area contributed by atoms with Crippen molar-refractivity contribution in [1.29, 1.82) is 0 Å². The molecule has 2 aromatic heterocycles. The number of benzene rings is 1. The van der Waals surface area contributed by atoms with Gasteiger partial charge in [0.25, 0.3) is 11.5 Å². The summed E-state index contributed by atoms with van der Waals surface area (Å²) in [6.07, 6.45) is 4.07. The van der Waals surface area contributed by atoms with Crippen molar-refractivity contribution in [3.63, 3.8) is 0 Å². The Hall–Kier alpha value is -3.01. The summed E-state index contributed by atoms with van der Waals surface area (Å²) in [6.45, 7) is 7.67. The first-order valence-corrected chi connectivity index (χ1v) is 12.8. The lowest BCUT2D eigenvalue weighted by atomic mass is 10.1. The molecule has 0 bridgehead atoms. The van der Waals surface area contributed by atoms with Gasteiger partial charge in [-0.2, -0.15) is 0 Å². The number of thioether (sulfide) groups is 1. The summed E-state index contributed by atoms with van der Waals surface area (Å²) >= 11 is 6.76. The number of carbonyl (C=O) groups excluding carboxylic acids is 1. The van der Waals surface area contributed by atoms with Gasteiger partial charge in [0.05, 0.1) is 16.5 Å². The van der Waals surface area contributed by atoms with Gasteiger partial charge in [-0.15, -0.1) is 0 Å². The molecule has 1 aliphatic rings. The van der Waals surface area contributed by atoms with Crippen LogP contribution in [0.3, 0.4) is 0 Å². The van der Waals surface area contributed by atoms with Gasteiger partial charge in [0.15, 0.2) is 0 Å². The summed E-state index contributed by atoms with van der Waals surface area (Å²) in [5.74, 6) is 0.231. The standard InChI is InChI=1S/C26H28N4O3S2/c1-4-33-15-9-13-27-22-20(24(31)29-14-8-10-17(2)23(29)28-22)16-21-25(32)30(26(34)35-21)18(3)19-11-6-5-7-12-19/h5-8,10-12,14,16,18,27H,4,9,13,15H2,1-3H3/b21-16-/t18-/m1/s1. The van der Waals surface area contributed by atoms with Gasteiger partial charge < -0.3 is 10.1 Å². The van der Waals surface area contributed by atoms with Crippen molar-refractivity contribution in [1.82, 2.24) is 14.3 Å². The van der Waals surface area contributed by atoms with Crippen LogP contribution in [0.25, 0.3) is 11.7 Å². The average Bonchev–Trinajstić information content (AvgIpc) is 3.14. The van der Waals surface area contributed by atoms with Crippen LogP contribution in [0.4, 0.5) is 5.82 Å². The summed E-state index contributed by atoms with van der Waals surface area (Å²) < 4.78 is 7.39. The Bertz CT molecular complexity index is 1340. The Morgan fingerprint density at radius 1 is 1.20 bits per heavy atom. The number of aryl methyl sites for hydroxylation is 1. The number of anilines is 1. The van der Waals surface area contributed by atoms with Gasteiger partial charge in [-0.1, -0.05) is 60.4 Å². The van der Waals surface area contributed by atoms with Crippen molar-refractivity contribution >= 4 is 51.7 Å². The van der Waals surface area contributed by atoms with Crippen LogP contribution in [-0.2, 0) is 9.53 Å². The van der Waals surface area contributed by atoms with E-state index in [0.29, 0.717) is 46.0 Å². The first kappa shape index (κ1) is 25.1. The fourth-order valence-electron chi connectivity index (χ4n) is 3.93. The normalized spacial score (nSPS) is 15.9. The number of fused-ring (bicyclic) bond motifs is 1. The van der Waals surface area contributed by atoms with E-state index < -0.39 is 0 Å². The van der Waals surface area contributed by atoms with Crippen LogP contribution >= 0.6 is 24.0 Å². The first-order valence-electron chi connectivity index (χ1n) is 11.6. The number of amides is 1. The number of hydrogen-bond acceptors (Lipinski definition) is 7. The minimum absolute atomic E-state index is 0.215. The molecule has 7 nitrogen and oxygen atoms in total. The number of pyridine rings is 1. The van der Waals surface area contributed by atoms with Gasteiger partial charge in [-0.05, 0) is 50.5 Å². The van der Waals surface area contributed by atoms with E-state index in [4.69, 9.17) is 21.9 Å². The van der Waals surface area contributed by atoms with Crippen LogP contribution in [0.15, 0.2) is 58.4 Å². The molecular weight excluding hydrogens is 480 g/mol. The fraction of sp³-hybridized carbons (Fsp3) is 0.308. The lowest BCUT2D eigenvalue weighted by Gasteiger charge is -2.23. The van der Waals surface area contributed by atoms with E-state index in [1.807, 2.05) is 63.2 Å². The van der Waals surface area contributed by atoms with Crippen LogP contribution < -0.4 is 10.9 Å². The van der Waals surface area contributed by atoms with E-state index in [-0.39, 0.29) is 17.5 Å². The topological polar surface area (TPSA) is 75.9 Å². The Balaban J connectivity index is 1.71. The number of carbonyl (C=O) groups is 1. The van der Waals surface area contributed by atoms with Crippen molar-refractivity contribution in [3.8, 4) is 0 Å². The van der Waals surface area contributed by atoms with Crippen molar-refractivity contribution < 1.29 is 9.53 Å². The summed E-state index contributed by atoms with van der Waals surface area (Å²) in [5, 5.41) is 3.28. The molecule has 1 N–H and O–H groups in total. The van der Waals surface area contributed by atoms with Gasteiger partial charge in [0, 0.05) is 26.0 Å². The molecule has 1 amide bonds. The molecule has 1 fully saturated rings. The van der Waals surface area contributed by atoms with Gasteiger partial charge in [0.1, 0.15) is 15.8 Å². The molecule has 182 valence electrons. The molecule has 9 heteroatoms. The highest BCUT2D eigenvalue weighted by molar-refractivity contribution is 8.26. The summed E-state index contributed by atoms with van der Waals surface area (Å²) in [6, 6.07) is 13.3. The van der Waals surface area contributed by atoms with Crippen molar-refractivity contribution in [2.75, 3.05) is 25.1 Å². The maximum Gasteiger partial charge on any atom is 0.267 e. The Morgan fingerprint density at radius 3 is 2.71 bits per heavy atom. The number of rotatable bonds is 9. The van der Waals surface area contributed by atoms with E-state index in [0.717, 1.165) is 17.5 Å². The highest BCUT2D eigenvalue weighted by Gasteiger charge is 2.36. The molecule has 0 unspecified atom stereocenters. The zero-order chi connectivity index (χ0) is 24.9. The Morgan fingerprint density at radius 2 is 1.97 bits per heavy atom. The van der Waals surface area contributed by atoms with Gasteiger partial charge in [-0.25, -0.2) is 4.98 Å². The van der Waals surface area contributed by atoms with Gasteiger partial charge in [-0.3, -0.25) is 18.9 Å². The smallest absolute Gasteiger partial charge is 0.267 e. The third-order valence-corrected chi connectivity index (χ3v) is 7.14. The van der Waals surface area contributed by atoms with E-state index in [1.54, 1.807) is 17.2 Å². The predicted octanol–water partition coefficient (Wildman–Crippen LogP) is 4.80. The maximum atomic E-state index is 13.5. The van der Waals surface area contributed by atoms with E-state index in [2.05, 4.69) is 5.32 Å². The monoisotopic (exact) mass is 508 g/mol. The van der Waals surface area contributed by atoms with Crippen LogP contribution in [0.2, 0.25) is 0 Å². The molecule has 4 rings (SSSR count). The highest BCUT2D eigenvalue weighted by Crippen LogP contribution is 2.38. The molecule has 1 saturated heterocycles. The van der Waals surface area contributed by atoms with Gasteiger partial charge in [0.2, 0.25) is 0 Å². The molecule has 0 spiro atoms. The van der Waals surface area contributed by atoms with Crippen molar-refractivity contribution in [2.45, 2.75) is 33.2 Å². The predicted molar refractivity (Wildman–Crippen MR) is 146 cm³/mol. The molecule has 1 aliphatic heterocycles. The fourth-order valence-corrected chi connectivity index (χ4v) is 5.33. The zero-order valence-electron chi connectivity index (χ0n) is 20.0. The quantitative estimate of drug-likeness (QED) is 0.253. The van der Waals surface area contributed by atoms with E-state index >= 15 is 0 Å². The number of ether oxygens (including phenoxy) is 1. The van der Waals surface area contributed by atoms with Crippen molar-refractivity contribution in [2.24, 2.45) is 0 Å². The summed E-state index contributed by atoms with van der Waals surface area (Å²) in [4.78, 5) is 33.6. The largest absolute Gasteiger partial charge is 0.382 e. The molecular formula is C26H28N4O3S2. The first-order chi connectivity index (χ1) is 16.9. The van der Waals surface area contributed by atoms with Crippen LogP contribution in [0.5, 0.6) is 0 Å². The number of hydrogen-bond donors (Lipinski definition) is 1. The second kappa shape index (κ2) is 11.2. The van der Waals surface area contributed by atoms with Crippen LogP contribution in [-0.4, -0.2) is 44.3 Å². The minimum Gasteiger partial charge on any atom is -0.382 e. The highest BCUT2D eigenvalue weighted by atomic mass is 32.2. The average molecular weight is 509 g/mol. The zero-order valence-corrected chi connectivity index (χ0v) is 21.6. The number of nitrogens with zero attached hydrogens (tertiary/aromatic N) is 3. The summed E-state index contributed by atoms with van der Waals surface area (Å²) in [5.41, 5.74) is 2.54. The molecule has 3 heterocycles. The molecule has 0 radical (unpaired) electrons. The minimum atomic E-state index is -0.243. The summed E-state index contributed by atoms with van der Waals surface area (Å²) in [7, 11) is 0. The third kappa shape index (κ3) is 5.32. The number of nitrogens with one attached hydrogen (secondary N) is 1. The number of thiocarbonyl (C=S) groups is 1. The number of aromatic nitrogens is 2. The second-order valence-corrected chi connectivity index (χ2v) is 9.86. The van der Waals surface area contributed by atoms with Crippen molar-refractivity contribution in [3.05, 3.63) is 80.6 Å². The Kier molecular flexibility index (Phi) is 8.00. The second-order valence-electron chi connectivity index (χ2n) is 8.18.